The monoisotopic (exact) mass is 483 g/mol. The number of rotatable bonds is 4. The van der Waals surface area contributed by atoms with E-state index >= 15 is 0 Å². The number of aliphatic hydroxyl groups excluding tert-OH is 1. The van der Waals surface area contributed by atoms with Crippen molar-refractivity contribution >= 4 is 32.5 Å². The van der Waals surface area contributed by atoms with Crippen LogP contribution in [-0.2, 0) is 6.42 Å². The molecule has 1 aliphatic rings. The number of aromatic nitrogens is 1. The van der Waals surface area contributed by atoms with Gasteiger partial charge in [-0.15, -0.1) is 0 Å². The van der Waals surface area contributed by atoms with Crippen LogP contribution < -0.4 is 0 Å². The van der Waals surface area contributed by atoms with Gasteiger partial charge >= 0.3 is 0 Å². The molecule has 1 aliphatic heterocycles. The molecule has 0 amide bonds. The van der Waals surface area contributed by atoms with E-state index in [1.165, 1.54) is 19.1 Å². The molecule has 2 unspecified atom stereocenters. The third-order valence-corrected chi connectivity index (χ3v) is 5.96. The quantitative estimate of drug-likeness (QED) is 0.403. The van der Waals surface area contributed by atoms with Crippen LogP contribution >= 0.6 is 15.9 Å². The standard InChI is InChI=1S/C22H19BrF4N2O/c1-11-5-15-14-4-3-13(24)8-18(14)28-20(15)21(29(11)9-22(2,27)10-30)19-16(25)6-12(23)7-17(19)26/h3-4,6-8,11,30H,5,9-10H2,1-2H3/p+1. The van der Waals surface area contributed by atoms with Crippen LogP contribution in [0.3, 0.4) is 0 Å². The third kappa shape index (κ3) is 3.56. The number of benzene rings is 2. The second-order valence-corrected chi connectivity index (χ2v) is 8.93. The molecule has 3 aromatic rings. The van der Waals surface area contributed by atoms with Gasteiger partial charge in [0.05, 0.1) is 6.61 Å². The van der Waals surface area contributed by atoms with Crippen molar-refractivity contribution in [1.82, 2.24) is 4.98 Å². The SMILES string of the molecule is CC1Cc2c([nH]c3cc(F)ccc23)C(c2c(F)cc(Br)cc2F)=[N+]1CC(C)(F)CO. The molecular formula is C22H20BrF4N2O+. The predicted molar refractivity (Wildman–Crippen MR) is 110 cm³/mol. The van der Waals surface area contributed by atoms with E-state index in [0.29, 0.717) is 17.6 Å². The maximum absolute atomic E-state index is 15.0. The van der Waals surface area contributed by atoms with Gasteiger partial charge < -0.3 is 10.1 Å². The van der Waals surface area contributed by atoms with Gasteiger partial charge in [-0.3, -0.25) is 0 Å². The Hall–Kier alpha value is -2.19. The molecule has 0 fully saturated rings. The second kappa shape index (κ2) is 7.50. The Morgan fingerprint density at radius 2 is 1.87 bits per heavy atom. The van der Waals surface area contributed by atoms with Crippen LogP contribution in [0, 0.1) is 17.5 Å². The molecule has 30 heavy (non-hydrogen) atoms. The minimum absolute atomic E-state index is 0.153. The largest absolute Gasteiger partial charge is 0.393 e. The number of hydrogen-bond acceptors (Lipinski definition) is 1. The number of halogens is 5. The van der Waals surface area contributed by atoms with Crippen molar-refractivity contribution in [2.75, 3.05) is 13.2 Å². The Balaban J connectivity index is 2.07. The number of nitrogens with zero attached hydrogens (tertiary/aromatic N) is 1. The first-order chi connectivity index (χ1) is 14.1. The lowest BCUT2D eigenvalue weighted by Gasteiger charge is -2.26. The molecule has 0 bridgehead atoms. The van der Waals surface area contributed by atoms with Gasteiger partial charge in [0.1, 0.15) is 28.7 Å². The first-order valence-electron chi connectivity index (χ1n) is 9.50. The fourth-order valence-electron chi connectivity index (χ4n) is 4.09. The van der Waals surface area contributed by atoms with Gasteiger partial charge in [0.2, 0.25) is 5.71 Å². The van der Waals surface area contributed by atoms with Crippen LogP contribution in [0.4, 0.5) is 17.6 Å². The number of alkyl halides is 1. The van der Waals surface area contributed by atoms with Crippen LogP contribution in [0.2, 0.25) is 0 Å². The van der Waals surface area contributed by atoms with Crippen molar-refractivity contribution in [2.24, 2.45) is 0 Å². The van der Waals surface area contributed by atoms with Crippen LogP contribution in [0.5, 0.6) is 0 Å². The van der Waals surface area contributed by atoms with Crippen LogP contribution in [0.1, 0.15) is 30.7 Å². The molecule has 2 heterocycles. The van der Waals surface area contributed by atoms with E-state index in [1.807, 2.05) is 6.92 Å². The molecule has 0 spiro atoms. The molecule has 2 N–H and O–H groups in total. The Bertz CT molecular complexity index is 1160. The molecule has 0 aliphatic carbocycles. The van der Waals surface area contributed by atoms with Gasteiger partial charge in [0, 0.05) is 21.8 Å². The number of aromatic amines is 1. The number of nitrogens with one attached hydrogen (secondary N) is 1. The van der Waals surface area contributed by atoms with Gasteiger partial charge in [-0.05, 0) is 49.7 Å². The molecule has 2 atom stereocenters. The van der Waals surface area contributed by atoms with Crippen molar-refractivity contribution < 1.29 is 27.2 Å². The lowest BCUT2D eigenvalue weighted by Crippen LogP contribution is -2.45. The Labute approximate surface area is 179 Å². The highest BCUT2D eigenvalue weighted by atomic mass is 79.9. The fourth-order valence-corrected chi connectivity index (χ4v) is 4.49. The van der Waals surface area contributed by atoms with Crippen molar-refractivity contribution in [2.45, 2.75) is 32.0 Å². The zero-order valence-corrected chi connectivity index (χ0v) is 18.0. The van der Waals surface area contributed by atoms with Gasteiger partial charge in [0.25, 0.3) is 0 Å². The predicted octanol–water partition coefficient (Wildman–Crippen LogP) is 4.86. The summed E-state index contributed by atoms with van der Waals surface area (Å²) in [5.74, 6) is -2.06. The summed E-state index contributed by atoms with van der Waals surface area (Å²) >= 11 is 3.08. The summed E-state index contributed by atoms with van der Waals surface area (Å²) in [5, 5.41) is 10.2. The highest BCUT2D eigenvalue weighted by Gasteiger charge is 2.41. The van der Waals surface area contributed by atoms with E-state index in [4.69, 9.17) is 0 Å². The average molecular weight is 484 g/mol. The second-order valence-electron chi connectivity index (χ2n) is 8.01. The zero-order valence-electron chi connectivity index (χ0n) is 16.4. The van der Waals surface area contributed by atoms with Crippen molar-refractivity contribution in [3.8, 4) is 0 Å². The number of H-pyrrole nitrogens is 1. The van der Waals surface area contributed by atoms with Gasteiger partial charge in [0.15, 0.2) is 18.3 Å². The maximum atomic E-state index is 15.0. The van der Waals surface area contributed by atoms with Crippen molar-refractivity contribution in [3.05, 3.63) is 69.1 Å². The minimum atomic E-state index is -1.99. The topological polar surface area (TPSA) is 39.0 Å². The van der Waals surface area contributed by atoms with Crippen molar-refractivity contribution in [1.29, 1.82) is 0 Å². The lowest BCUT2D eigenvalue weighted by atomic mass is 9.91. The van der Waals surface area contributed by atoms with E-state index < -0.39 is 29.7 Å². The van der Waals surface area contributed by atoms with E-state index in [9.17, 15) is 22.7 Å². The highest BCUT2D eigenvalue weighted by molar-refractivity contribution is 9.10. The van der Waals surface area contributed by atoms with Crippen LogP contribution in [0.15, 0.2) is 34.8 Å². The van der Waals surface area contributed by atoms with Crippen LogP contribution in [-0.4, -0.2) is 45.2 Å². The summed E-state index contributed by atoms with van der Waals surface area (Å²) in [6, 6.07) is 6.25. The number of aliphatic hydroxyl groups is 1. The highest BCUT2D eigenvalue weighted by Crippen LogP contribution is 2.33. The van der Waals surface area contributed by atoms with E-state index in [1.54, 1.807) is 10.6 Å². The molecule has 2 aromatic carbocycles. The summed E-state index contributed by atoms with van der Waals surface area (Å²) in [4.78, 5) is 3.08. The smallest absolute Gasteiger partial charge is 0.237 e. The zero-order chi connectivity index (χ0) is 21.8. The van der Waals surface area contributed by atoms with Crippen molar-refractivity contribution in [3.63, 3.8) is 0 Å². The average Bonchev–Trinajstić information content (AvgIpc) is 3.00. The van der Waals surface area contributed by atoms with E-state index in [2.05, 4.69) is 20.9 Å². The summed E-state index contributed by atoms with van der Waals surface area (Å²) in [7, 11) is 0. The summed E-state index contributed by atoms with van der Waals surface area (Å²) < 4.78 is 60.4. The molecule has 8 heteroatoms. The molecule has 158 valence electrons. The van der Waals surface area contributed by atoms with E-state index in [-0.39, 0.29) is 28.3 Å². The summed E-state index contributed by atoms with van der Waals surface area (Å²) in [6.07, 6.45) is 0.464. The summed E-state index contributed by atoms with van der Waals surface area (Å²) in [5.41, 5.74) is -0.434. The Morgan fingerprint density at radius 3 is 2.50 bits per heavy atom. The molecule has 0 saturated heterocycles. The molecule has 0 radical (unpaired) electrons. The Morgan fingerprint density at radius 1 is 1.20 bits per heavy atom. The van der Waals surface area contributed by atoms with Gasteiger partial charge in [-0.1, -0.05) is 15.9 Å². The number of hydrogen-bond donors (Lipinski definition) is 2. The minimum Gasteiger partial charge on any atom is -0.393 e. The molecule has 3 nitrogen and oxygen atoms in total. The number of fused-ring (bicyclic) bond motifs is 3. The van der Waals surface area contributed by atoms with Gasteiger partial charge in [-0.2, -0.15) is 0 Å². The molecule has 4 rings (SSSR count). The fraction of sp³-hybridized carbons (Fsp3) is 0.318. The first kappa shape index (κ1) is 21.1. The first-order valence-corrected chi connectivity index (χ1v) is 10.3. The molecular weight excluding hydrogens is 464 g/mol. The van der Waals surface area contributed by atoms with Crippen LogP contribution in [0.25, 0.3) is 10.9 Å². The lowest BCUT2D eigenvalue weighted by molar-refractivity contribution is -0.575. The maximum Gasteiger partial charge on any atom is 0.237 e. The molecule has 0 saturated carbocycles. The normalized spacial score (nSPS) is 18.6. The molecule has 1 aromatic heterocycles. The van der Waals surface area contributed by atoms with Gasteiger partial charge in [-0.25, -0.2) is 22.1 Å². The third-order valence-electron chi connectivity index (χ3n) is 5.50. The van der Waals surface area contributed by atoms with E-state index in [0.717, 1.165) is 23.1 Å². The Kier molecular flexibility index (Phi) is 5.26. The summed E-state index contributed by atoms with van der Waals surface area (Å²) in [6.45, 7) is 2.06.